The van der Waals surface area contributed by atoms with Crippen molar-refractivity contribution in [1.82, 2.24) is 0 Å². The van der Waals surface area contributed by atoms with Gasteiger partial charge < -0.3 is 15.2 Å². The minimum atomic E-state index is -1.16. The number of rotatable bonds is 10. The van der Waals surface area contributed by atoms with Gasteiger partial charge in [0.25, 0.3) is 5.91 Å². The Bertz CT molecular complexity index is 928. The molecule has 0 heterocycles. The van der Waals surface area contributed by atoms with Crippen LogP contribution < -0.4 is 10.1 Å². The van der Waals surface area contributed by atoms with Crippen LogP contribution in [-0.2, 0) is 4.79 Å². The highest BCUT2D eigenvalue weighted by atomic mass is 16.5. The summed E-state index contributed by atoms with van der Waals surface area (Å²) in [7, 11) is 0. The third-order valence-electron chi connectivity index (χ3n) is 4.25. The molecule has 150 valence electrons. The first-order valence-electron chi connectivity index (χ1n) is 9.54. The molecule has 0 aliphatic heterocycles. The molecular weight excluding hydrogens is 368 g/mol. The van der Waals surface area contributed by atoms with Crippen molar-refractivity contribution in [1.29, 1.82) is 5.26 Å². The minimum Gasteiger partial charge on any atom is -0.493 e. The largest absolute Gasteiger partial charge is 0.493 e. The van der Waals surface area contributed by atoms with E-state index in [0.717, 1.165) is 25.7 Å². The van der Waals surface area contributed by atoms with Crippen LogP contribution in [0.5, 0.6) is 5.75 Å². The van der Waals surface area contributed by atoms with E-state index in [0.29, 0.717) is 17.9 Å². The van der Waals surface area contributed by atoms with Gasteiger partial charge in [-0.1, -0.05) is 56.5 Å². The molecule has 1 amide bonds. The fourth-order valence-electron chi connectivity index (χ4n) is 2.71. The zero-order valence-electron chi connectivity index (χ0n) is 16.4. The van der Waals surface area contributed by atoms with Crippen LogP contribution in [0, 0.1) is 11.3 Å². The van der Waals surface area contributed by atoms with Crippen molar-refractivity contribution in [2.75, 3.05) is 11.9 Å². The maximum absolute atomic E-state index is 12.5. The summed E-state index contributed by atoms with van der Waals surface area (Å²) in [5.41, 5.74) is 0.550. The van der Waals surface area contributed by atoms with Crippen molar-refractivity contribution < 1.29 is 19.4 Å². The number of carbonyl (C=O) groups is 2. The maximum atomic E-state index is 12.5. The maximum Gasteiger partial charge on any atom is 0.337 e. The second-order valence-corrected chi connectivity index (χ2v) is 6.42. The molecule has 0 unspecified atom stereocenters. The Balaban J connectivity index is 2.17. The van der Waals surface area contributed by atoms with Gasteiger partial charge in [-0.2, -0.15) is 5.26 Å². The number of carboxylic acid groups (broad SMARTS) is 1. The molecule has 0 spiro atoms. The second-order valence-electron chi connectivity index (χ2n) is 6.42. The Morgan fingerprint density at radius 3 is 2.55 bits per heavy atom. The third-order valence-corrected chi connectivity index (χ3v) is 4.25. The number of nitriles is 1. The highest BCUT2D eigenvalue weighted by molar-refractivity contribution is 6.11. The van der Waals surface area contributed by atoms with Gasteiger partial charge in [0, 0.05) is 5.56 Å². The van der Waals surface area contributed by atoms with E-state index < -0.39 is 11.9 Å². The van der Waals surface area contributed by atoms with Gasteiger partial charge in [0.05, 0.1) is 17.9 Å². The standard InChI is InChI=1S/C23H24N2O4/c1-2-3-4-9-14-29-21-13-8-5-10-17(21)15-18(16-24)22(26)25-20-12-7-6-11-19(20)23(27)28/h5-8,10-13,15H,2-4,9,14H2,1H3,(H,25,26)(H,27,28)/b18-15+. The van der Waals surface area contributed by atoms with Crippen LogP contribution in [0.2, 0.25) is 0 Å². The lowest BCUT2D eigenvalue weighted by molar-refractivity contribution is -0.112. The predicted octanol–water partition coefficient (Wildman–Crippen LogP) is 4.89. The second kappa shape index (κ2) is 11.3. The highest BCUT2D eigenvalue weighted by Crippen LogP contribution is 2.22. The molecule has 0 saturated carbocycles. The molecule has 2 N–H and O–H groups in total. The number of ether oxygens (including phenoxy) is 1. The number of nitrogens with zero attached hydrogens (tertiary/aromatic N) is 1. The lowest BCUT2D eigenvalue weighted by Gasteiger charge is -2.10. The van der Waals surface area contributed by atoms with E-state index in [2.05, 4.69) is 12.2 Å². The summed E-state index contributed by atoms with van der Waals surface area (Å²) >= 11 is 0. The lowest BCUT2D eigenvalue weighted by atomic mass is 10.1. The van der Waals surface area contributed by atoms with E-state index in [1.165, 1.54) is 18.2 Å². The number of hydrogen-bond donors (Lipinski definition) is 2. The first-order chi connectivity index (χ1) is 14.1. The molecule has 0 bridgehead atoms. The van der Waals surface area contributed by atoms with Gasteiger partial charge >= 0.3 is 5.97 Å². The SMILES string of the molecule is CCCCCCOc1ccccc1/C=C(\C#N)C(=O)Nc1ccccc1C(=O)O. The number of carbonyl (C=O) groups excluding carboxylic acids is 1. The van der Waals surface area contributed by atoms with E-state index in [-0.39, 0.29) is 16.8 Å². The average Bonchev–Trinajstić information content (AvgIpc) is 2.72. The molecule has 6 heteroatoms. The average molecular weight is 392 g/mol. The molecule has 2 aromatic carbocycles. The summed E-state index contributed by atoms with van der Waals surface area (Å²) < 4.78 is 5.81. The van der Waals surface area contributed by atoms with Crippen LogP contribution in [-0.4, -0.2) is 23.6 Å². The molecule has 0 aliphatic rings. The molecule has 0 atom stereocenters. The molecule has 0 radical (unpaired) electrons. The predicted molar refractivity (Wildman–Crippen MR) is 112 cm³/mol. The van der Waals surface area contributed by atoms with Crippen molar-refractivity contribution in [3.8, 4) is 11.8 Å². The highest BCUT2D eigenvalue weighted by Gasteiger charge is 2.15. The van der Waals surface area contributed by atoms with Crippen LogP contribution in [0.1, 0.15) is 48.5 Å². The Labute approximate surface area is 170 Å². The van der Waals surface area contributed by atoms with Gasteiger partial charge in [-0.15, -0.1) is 0 Å². The zero-order valence-corrected chi connectivity index (χ0v) is 16.4. The summed E-state index contributed by atoms with van der Waals surface area (Å²) in [6.07, 6.45) is 5.76. The van der Waals surface area contributed by atoms with Crippen LogP contribution >= 0.6 is 0 Å². The number of amides is 1. The van der Waals surface area contributed by atoms with Crippen LogP contribution in [0.25, 0.3) is 6.08 Å². The zero-order chi connectivity index (χ0) is 21.1. The Kier molecular flexibility index (Phi) is 8.46. The number of hydrogen-bond acceptors (Lipinski definition) is 4. The van der Waals surface area contributed by atoms with Gasteiger partial charge in [-0.05, 0) is 30.7 Å². The molecule has 2 aromatic rings. The smallest absolute Gasteiger partial charge is 0.337 e. The summed E-state index contributed by atoms with van der Waals surface area (Å²) in [5.74, 6) is -1.25. The fraction of sp³-hybridized carbons (Fsp3) is 0.261. The molecule has 29 heavy (non-hydrogen) atoms. The van der Waals surface area contributed by atoms with Crippen molar-refractivity contribution in [3.05, 3.63) is 65.2 Å². The van der Waals surface area contributed by atoms with E-state index in [1.54, 1.807) is 30.3 Å². The molecular formula is C23H24N2O4. The minimum absolute atomic E-state index is 0.0473. The summed E-state index contributed by atoms with van der Waals surface area (Å²) in [4.78, 5) is 23.8. The number of anilines is 1. The monoisotopic (exact) mass is 392 g/mol. The van der Waals surface area contributed by atoms with Gasteiger partial charge in [-0.25, -0.2) is 4.79 Å². The van der Waals surface area contributed by atoms with Crippen LogP contribution in [0.3, 0.4) is 0 Å². The molecule has 6 nitrogen and oxygen atoms in total. The number of unbranched alkanes of at least 4 members (excludes halogenated alkanes) is 3. The first kappa shape index (κ1) is 21.7. The van der Waals surface area contributed by atoms with Crippen molar-refractivity contribution >= 4 is 23.6 Å². The van der Waals surface area contributed by atoms with E-state index in [4.69, 9.17) is 4.74 Å². The molecule has 2 rings (SSSR count). The topological polar surface area (TPSA) is 99.4 Å². The Hall–Kier alpha value is -3.59. The van der Waals surface area contributed by atoms with E-state index >= 15 is 0 Å². The Morgan fingerprint density at radius 2 is 1.83 bits per heavy atom. The number of carboxylic acids is 1. The number of benzene rings is 2. The third kappa shape index (κ3) is 6.51. The summed E-state index contributed by atoms with van der Waals surface area (Å²) in [5, 5.41) is 21.2. The lowest BCUT2D eigenvalue weighted by Crippen LogP contribution is -2.16. The number of para-hydroxylation sites is 2. The Morgan fingerprint density at radius 1 is 1.10 bits per heavy atom. The fourth-order valence-corrected chi connectivity index (χ4v) is 2.71. The van der Waals surface area contributed by atoms with Crippen LogP contribution in [0.4, 0.5) is 5.69 Å². The van der Waals surface area contributed by atoms with E-state index in [9.17, 15) is 20.0 Å². The van der Waals surface area contributed by atoms with Gasteiger partial charge in [0.2, 0.25) is 0 Å². The normalized spacial score (nSPS) is 10.8. The first-order valence-corrected chi connectivity index (χ1v) is 9.54. The van der Waals surface area contributed by atoms with Crippen LogP contribution in [0.15, 0.2) is 54.1 Å². The van der Waals surface area contributed by atoms with Gasteiger partial charge in [0.1, 0.15) is 17.4 Å². The quantitative estimate of drug-likeness (QED) is 0.341. The summed E-state index contributed by atoms with van der Waals surface area (Å²) in [6, 6.07) is 15.1. The van der Waals surface area contributed by atoms with E-state index in [1.807, 2.05) is 12.1 Å². The van der Waals surface area contributed by atoms with Crippen molar-refractivity contribution in [2.45, 2.75) is 32.6 Å². The molecule has 0 aromatic heterocycles. The number of nitrogens with one attached hydrogen (secondary N) is 1. The molecule has 0 aliphatic carbocycles. The molecule has 0 saturated heterocycles. The van der Waals surface area contributed by atoms with Crippen molar-refractivity contribution in [3.63, 3.8) is 0 Å². The van der Waals surface area contributed by atoms with Gasteiger partial charge in [-0.3, -0.25) is 4.79 Å². The summed E-state index contributed by atoms with van der Waals surface area (Å²) in [6.45, 7) is 2.70. The molecule has 0 fully saturated rings. The van der Waals surface area contributed by atoms with Crippen molar-refractivity contribution in [2.24, 2.45) is 0 Å². The van der Waals surface area contributed by atoms with Gasteiger partial charge in [0.15, 0.2) is 0 Å². The number of aromatic carboxylic acids is 1.